The highest BCUT2D eigenvalue weighted by atomic mass is 14.8. The van der Waals surface area contributed by atoms with Gasteiger partial charge in [-0.2, -0.15) is 0 Å². The van der Waals surface area contributed by atoms with Gasteiger partial charge in [-0.15, -0.1) is 0 Å². The van der Waals surface area contributed by atoms with Gasteiger partial charge in [0.2, 0.25) is 0 Å². The van der Waals surface area contributed by atoms with Gasteiger partial charge in [0.25, 0.3) is 0 Å². The fraction of sp³-hybridized carbons (Fsp3) is 0.550. The van der Waals surface area contributed by atoms with Gasteiger partial charge in [-0.05, 0) is 48.2 Å². The molecule has 120 valence electrons. The molecule has 0 saturated carbocycles. The highest BCUT2D eigenvalue weighted by Gasteiger charge is 2.18. The Hall–Kier alpha value is -1.41. The van der Waals surface area contributed by atoms with E-state index in [9.17, 15) is 0 Å². The summed E-state index contributed by atoms with van der Waals surface area (Å²) < 4.78 is 0. The van der Waals surface area contributed by atoms with E-state index in [1.807, 2.05) is 0 Å². The van der Waals surface area contributed by atoms with Crippen LogP contribution in [0.25, 0.3) is 10.9 Å². The second kappa shape index (κ2) is 6.78. The van der Waals surface area contributed by atoms with Crippen LogP contribution in [0.3, 0.4) is 0 Å². The molecule has 1 aromatic carbocycles. The van der Waals surface area contributed by atoms with Crippen molar-refractivity contribution in [3.05, 3.63) is 41.1 Å². The second-order valence-electron chi connectivity index (χ2n) is 7.52. The molecule has 0 aliphatic heterocycles. The summed E-state index contributed by atoms with van der Waals surface area (Å²) in [5, 5.41) is 4.84. The Morgan fingerprint density at radius 2 is 1.86 bits per heavy atom. The number of hydrogen-bond acceptors (Lipinski definition) is 2. The van der Waals surface area contributed by atoms with Crippen LogP contribution in [0.4, 0.5) is 0 Å². The predicted molar refractivity (Wildman–Crippen MR) is 96.5 cm³/mol. The smallest absolute Gasteiger partial charge is 0.0709 e. The lowest BCUT2D eigenvalue weighted by molar-refractivity contribution is 0.569. The number of nitrogens with zero attached hydrogens (tertiary/aromatic N) is 1. The maximum Gasteiger partial charge on any atom is 0.0709 e. The molecule has 0 unspecified atom stereocenters. The van der Waals surface area contributed by atoms with E-state index in [2.05, 4.69) is 71.1 Å². The Balaban J connectivity index is 2.55. The molecule has 2 aromatic rings. The first kappa shape index (κ1) is 17.0. The van der Waals surface area contributed by atoms with Crippen LogP contribution in [0.2, 0.25) is 0 Å². The summed E-state index contributed by atoms with van der Waals surface area (Å²) in [6.45, 7) is 15.3. The van der Waals surface area contributed by atoms with E-state index in [1.165, 1.54) is 22.2 Å². The molecule has 0 aliphatic carbocycles. The Kier molecular flexibility index (Phi) is 5.23. The Morgan fingerprint density at radius 3 is 2.45 bits per heavy atom. The summed E-state index contributed by atoms with van der Waals surface area (Å²) in [4.78, 5) is 4.91. The third kappa shape index (κ3) is 3.86. The molecular formula is C20H30N2. The maximum atomic E-state index is 4.91. The molecule has 1 N–H and O–H groups in total. The summed E-state index contributed by atoms with van der Waals surface area (Å²) in [6.07, 6.45) is 1.16. The molecule has 0 bridgehead atoms. The van der Waals surface area contributed by atoms with Crippen LogP contribution in [0.1, 0.15) is 70.7 Å². The number of rotatable bonds is 5. The van der Waals surface area contributed by atoms with Crippen molar-refractivity contribution in [2.45, 2.75) is 65.8 Å². The normalized spacial score (nSPS) is 12.3. The molecule has 1 aromatic heterocycles. The largest absolute Gasteiger partial charge is 0.313 e. The molecule has 2 heteroatoms. The van der Waals surface area contributed by atoms with Crippen molar-refractivity contribution in [1.82, 2.24) is 10.3 Å². The molecule has 0 amide bonds. The number of nitrogens with one attached hydrogen (secondary N) is 1. The zero-order valence-electron chi connectivity index (χ0n) is 15.0. The van der Waals surface area contributed by atoms with Crippen LogP contribution >= 0.6 is 0 Å². The molecule has 2 rings (SSSR count). The van der Waals surface area contributed by atoms with E-state index in [0.717, 1.165) is 25.0 Å². The first-order chi connectivity index (χ1) is 10.3. The highest BCUT2D eigenvalue weighted by Crippen LogP contribution is 2.28. The summed E-state index contributed by atoms with van der Waals surface area (Å²) >= 11 is 0. The molecular weight excluding hydrogens is 268 g/mol. The zero-order chi connectivity index (χ0) is 16.3. The first-order valence-corrected chi connectivity index (χ1v) is 8.47. The van der Waals surface area contributed by atoms with Gasteiger partial charge in [0.15, 0.2) is 0 Å². The fourth-order valence-electron chi connectivity index (χ4n) is 2.60. The lowest BCUT2D eigenvalue weighted by Crippen LogP contribution is -2.18. The van der Waals surface area contributed by atoms with Crippen LogP contribution in [0.5, 0.6) is 0 Å². The SMILES string of the molecule is CCCNCc1cc(C(C)(C)C)nc2ccc(C(C)C)cc12. The first-order valence-electron chi connectivity index (χ1n) is 8.47. The molecule has 0 saturated heterocycles. The number of pyridine rings is 1. The number of fused-ring (bicyclic) bond motifs is 1. The van der Waals surface area contributed by atoms with Gasteiger partial charge in [0.05, 0.1) is 5.52 Å². The third-order valence-corrected chi connectivity index (χ3v) is 4.10. The van der Waals surface area contributed by atoms with Crippen LogP contribution in [-0.4, -0.2) is 11.5 Å². The molecule has 0 fully saturated rings. The minimum Gasteiger partial charge on any atom is -0.313 e. The van der Waals surface area contributed by atoms with Gasteiger partial charge in [0, 0.05) is 23.0 Å². The van der Waals surface area contributed by atoms with Crippen LogP contribution in [0.15, 0.2) is 24.3 Å². The predicted octanol–water partition coefficient (Wildman–Crippen LogP) is 5.16. The van der Waals surface area contributed by atoms with Crippen molar-refractivity contribution in [2.24, 2.45) is 0 Å². The lowest BCUT2D eigenvalue weighted by atomic mass is 9.89. The Bertz CT molecular complexity index is 636. The van der Waals surface area contributed by atoms with Crippen molar-refractivity contribution in [3.63, 3.8) is 0 Å². The summed E-state index contributed by atoms with van der Waals surface area (Å²) in [7, 11) is 0. The third-order valence-electron chi connectivity index (χ3n) is 4.10. The fourth-order valence-corrected chi connectivity index (χ4v) is 2.60. The zero-order valence-corrected chi connectivity index (χ0v) is 15.0. The second-order valence-corrected chi connectivity index (χ2v) is 7.52. The van der Waals surface area contributed by atoms with Gasteiger partial charge in [-0.25, -0.2) is 0 Å². The molecule has 0 radical (unpaired) electrons. The van der Waals surface area contributed by atoms with Crippen molar-refractivity contribution in [2.75, 3.05) is 6.54 Å². The van der Waals surface area contributed by atoms with Gasteiger partial charge < -0.3 is 5.32 Å². The average Bonchev–Trinajstić information content (AvgIpc) is 2.45. The Morgan fingerprint density at radius 1 is 1.14 bits per heavy atom. The quantitative estimate of drug-likeness (QED) is 0.772. The van der Waals surface area contributed by atoms with Crippen LogP contribution < -0.4 is 5.32 Å². The summed E-state index contributed by atoms with van der Waals surface area (Å²) in [6, 6.07) is 9.01. The molecule has 22 heavy (non-hydrogen) atoms. The average molecular weight is 298 g/mol. The molecule has 0 spiro atoms. The van der Waals surface area contributed by atoms with Crippen molar-refractivity contribution >= 4 is 10.9 Å². The monoisotopic (exact) mass is 298 g/mol. The van der Waals surface area contributed by atoms with Gasteiger partial charge >= 0.3 is 0 Å². The van der Waals surface area contributed by atoms with E-state index in [4.69, 9.17) is 4.98 Å². The van der Waals surface area contributed by atoms with Crippen LogP contribution in [-0.2, 0) is 12.0 Å². The standard InChI is InChI=1S/C20H30N2/c1-7-10-21-13-16-12-19(20(4,5)6)22-18-9-8-15(14(2)3)11-17(16)18/h8-9,11-12,14,21H,7,10,13H2,1-6H3. The van der Waals surface area contributed by atoms with E-state index in [1.54, 1.807) is 0 Å². The van der Waals surface area contributed by atoms with Crippen molar-refractivity contribution in [3.8, 4) is 0 Å². The number of aromatic nitrogens is 1. The highest BCUT2D eigenvalue weighted by molar-refractivity contribution is 5.83. The summed E-state index contributed by atoms with van der Waals surface area (Å²) in [5.41, 5.74) is 5.11. The van der Waals surface area contributed by atoms with Gasteiger partial charge in [-0.1, -0.05) is 47.6 Å². The van der Waals surface area contributed by atoms with Crippen LogP contribution in [0, 0.1) is 0 Å². The lowest BCUT2D eigenvalue weighted by Gasteiger charge is -2.21. The van der Waals surface area contributed by atoms with E-state index in [0.29, 0.717) is 5.92 Å². The molecule has 0 atom stereocenters. The van der Waals surface area contributed by atoms with Crippen molar-refractivity contribution < 1.29 is 0 Å². The maximum absolute atomic E-state index is 4.91. The minimum atomic E-state index is 0.0738. The molecule has 2 nitrogen and oxygen atoms in total. The van der Waals surface area contributed by atoms with Crippen molar-refractivity contribution in [1.29, 1.82) is 0 Å². The topological polar surface area (TPSA) is 24.9 Å². The van der Waals surface area contributed by atoms with Gasteiger partial charge in [0.1, 0.15) is 0 Å². The number of hydrogen-bond donors (Lipinski definition) is 1. The van der Waals surface area contributed by atoms with E-state index < -0.39 is 0 Å². The van der Waals surface area contributed by atoms with E-state index in [-0.39, 0.29) is 5.41 Å². The molecule has 0 aliphatic rings. The Labute approximate surface area is 135 Å². The number of benzene rings is 1. The summed E-state index contributed by atoms with van der Waals surface area (Å²) in [5.74, 6) is 0.545. The minimum absolute atomic E-state index is 0.0738. The molecule has 1 heterocycles. The van der Waals surface area contributed by atoms with E-state index >= 15 is 0 Å². The van der Waals surface area contributed by atoms with Gasteiger partial charge in [-0.3, -0.25) is 4.98 Å².